The largest absolute Gasteiger partial charge is 0.481 e. The predicted octanol–water partition coefficient (Wildman–Crippen LogP) is 3.29. The van der Waals surface area contributed by atoms with E-state index in [-0.39, 0.29) is 17.9 Å². The van der Waals surface area contributed by atoms with Gasteiger partial charge in [0.2, 0.25) is 5.91 Å². The van der Waals surface area contributed by atoms with Gasteiger partial charge in [0.05, 0.1) is 5.92 Å². The van der Waals surface area contributed by atoms with Crippen LogP contribution in [0.15, 0.2) is 25.3 Å². The number of aliphatic carboxylic acids is 1. The van der Waals surface area contributed by atoms with Crippen LogP contribution in [0.1, 0.15) is 51.4 Å². The molecule has 0 aromatic heterocycles. The van der Waals surface area contributed by atoms with Gasteiger partial charge in [-0.3, -0.25) is 9.59 Å². The molecule has 0 aromatic rings. The highest BCUT2D eigenvalue weighted by molar-refractivity contribution is 5.80. The Hall–Kier alpha value is -1.58. The summed E-state index contributed by atoms with van der Waals surface area (Å²) in [5, 5.41) is 12.4. The lowest BCUT2D eigenvalue weighted by Gasteiger charge is -2.28. The third-order valence-corrected chi connectivity index (χ3v) is 4.18. The van der Waals surface area contributed by atoms with E-state index in [0.29, 0.717) is 19.3 Å². The number of hydrogen-bond acceptors (Lipinski definition) is 2. The molecule has 2 N–H and O–H groups in total. The molecule has 4 heteroatoms. The fourth-order valence-electron chi connectivity index (χ4n) is 2.97. The Morgan fingerprint density at radius 1 is 1.10 bits per heavy atom. The van der Waals surface area contributed by atoms with E-state index >= 15 is 0 Å². The maximum Gasteiger partial charge on any atom is 0.308 e. The summed E-state index contributed by atoms with van der Waals surface area (Å²) in [6.07, 6.45) is 10.1. The van der Waals surface area contributed by atoms with Gasteiger partial charge in [-0.1, -0.05) is 37.8 Å². The van der Waals surface area contributed by atoms with Crippen LogP contribution in [-0.2, 0) is 9.59 Å². The average Bonchev–Trinajstić information content (AvgIpc) is 2.41. The minimum Gasteiger partial charge on any atom is -0.481 e. The van der Waals surface area contributed by atoms with Gasteiger partial charge in [0, 0.05) is 12.0 Å². The van der Waals surface area contributed by atoms with Crippen molar-refractivity contribution in [1.82, 2.24) is 5.32 Å². The zero-order valence-electron chi connectivity index (χ0n) is 12.7. The van der Waals surface area contributed by atoms with Gasteiger partial charge in [-0.15, -0.1) is 13.2 Å². The molecule has 0 saturated heterocycles. The molecule has 1 fully saturated rings. The fourth-order valence-corrected chi connectivity index (χ4v) is 2.97. The van der Waals surface area contributed by atoms with Crippen LogP contribution in [0.5, 0.6) is 0 Å². The minimum absolute atomic E-state index is 0.0772. The van der Waals surface area contributed by atoms with Gasteiger partial charge in [0.25, 0.3) is 0 Å². The van der Waals surface area contributed by atoms with Gasteiger partial charge in [-0.25, -0.2) is 0 Å². The number of nitrogens with one attached hydrogen (secondary N) is 1. The van der Waals surface area contributed by atoms with E-state index in [1.165, 1.54) is 0 Å². The number of allylic oxidation sites excluding steroid dienone is 2. The first kappa shape index (κ1) is 17.5. The normalized spacial score (nSPS) is 22.9. The third-order valence-electron chi connectivity index (χ3n) is 4.18. The molecule has 0 radical (unpaired) electrons. The summed E-state index contributed by atoms with van der Waals surface area (Å²) in [6.45, 7) is 7.35. The molecule has 21 heavy (non-hydrogen) atoms. The zero-order chi connectivity index (χ0) is 15.7. The maximum atomic E-state index is 12.4. The Morgan fingerprint density at radius 2 is 1.67 bits per heavy atom. The van der Waals surface area contributed by atoms with Crippen LogP contribution in [-0.4, -0.2) is 23.0 Å². The molecule has 2 unspecified atom stereocenters. The summed E-state index contributed by atoms with van der Waals surface area (Å²) in [6, 6.07) is -0.257. The van der Waals surface area contributed by atoms with Gasteiger partial charge in [-0.2, -0.15) is 0 Å². The van der Waals surface area contributed by atoms with E-state index in [9.17, 15) is 14.7 Å². The van der Waals surface area contributed by atoms with Crippen molar-refractivity contribution in [2.75, 3.05) is 0 Å². The topological polar surface area (TPSA) is 66.4 Å². The zero-order valence-corrected chi connectivity index (χ0v) is 12.7. The van der Waals surface area contributed by atoms with Crippen molar-refractivity contribution in [3.05, 3.63) is 25.3 Å². The highest BCUT2D eigenvalue weighted by Crippen LogP contribution is 2.24. The van der Waals surface area contributed by atoms with E-state index in [0.717, 1.165) is 32.1 Å². The molecule has 118 valence electrons. The van der Waals surface area contributed by atoms with Gasteiger partial charge >= 0.3 is 5.97 Å². The van der Waals surface area contributed by atoms with Crippen LogP contribution in [0.3, 0.4) is 0 Å². The molecular weight excluding hydrogens is 266 g/mol. The summed E-state index contributed by atoms with van der Waals surface area (Å²) in [5.41, 5.74) is 0. The molecule has 1 saturated carbocycles. The van der Waals surface area contributed by atoms with E-state index in [1.807, 2.05) is 0 Å². The van der Waals surface area contributed by atoms with Gasteiger partial charge in [-0.05, 0) is 25.7 Å². The average molecular weight is 293 g/mol. The van der Waals surface area contributed by atoms with Crippen molar-refractivity contribution < 1.29 is 14.7 Å². The summed E-state index contributed by atoms with van der Waals surface area (Å²) >= 11 is 0. The fraction of sp³-hybridized carbons (Fsp3) is 0.647. The van der Waals surface area contributed by atoms with Crippen molar-refractivity contribution in [1.29, 1.82) is 0 Å². The number of hydrogen-bond donors (Lipinski definition) is 2. The number of rotatable bonds is 7. The Morgan fingerprint density at radius 3 is 2.19 bits per heavy atom. The van der Waals surface area contributed by atoms with Crippen LogP contribution in [0.2, 0.25) is 0 Å². The summed E-state index contributed by atoms with van der Waals surface area (Å²) in [7, 11) is 0. The van der Waals surface area contributed by atoms with E-state index in [1.54, 1.807) is 12.2 Å². The first-order chi connectivity index (χ1) is 10.1. The molecule has 2 atom stereocenters. The number of carbonyl (C=O) groups excluding carboxylic acids is 1. The molecule has 1 aliphatic rings. The highest BCUT2D eigenvalue weighted by atomic mass is 16.4. The van der Waals surface area contributed by atoms with Gasteiger partial charge in [0.1, 0.15) is 0 Å². The Labute approximate surface area is 127 Å². The minimum atomic E-state index is -0.800. The number of amides is 1. The number of carbonyl (C=O) groups is 2. The second-order valence-corrected chi connectivity index (χ2v) is 5.80. The number of carboxylic acid groups (broad SMARTS) is 1. The lowest BCUT2D eigenvalue weighted by Crippen LogP contribution is -2.46. The van der Waals surface area contributed by atoms with Crippen LogP contribution in [0.4, 0.5) is 0 Å². The quantitative estimate of drug-likeness (QED) is 0.708. The molecular formula is C17H27NO3. The monoisotopic (exact) mass is 293 g/mol. The Kier molecular flexibility index (Phi) is 7.80. The molecule has 0 heterocycles. The van der Waals surface area contributed by atoms with Gasteiger partial charge in [0.15, 0.2) is 0 Å². The van der Waals surface area contributed by atoms with Gasteiger partial charge < -0.3 is 10.4 Å². The number of carboxylic acids is 1. The van der Waals surface area contributed by atoms with Crippen LogP contribution < -0.4 is 5.32 Å². The molecule has 4 nitrogen and oxygen atoms in total. The first-order valence-electron chi connectivity index (χ1n) is 7.85. The lowest BCUT2D eigenvalue weighted by atomic mass is 9.86. The van der Waals surface area contributed by atoms with Crippen LogP contribution in [0, 0.1) is 11.8 Å². The predicted molar refractivity (Wildman–Crippen MR) is 83.9 cm³/mol. The van der Waals surface area contributed by atoms with Crippen molar-refractivity contribution in [2.24, 2.45) is 11.8 Å². The van der Waals surface area contributed by atoms with Crippen molar-refractivity contribution in [3.63, 3.8) is 0 Å². The second-order valence-electron chi connectivity index (χ2n) is 5.80. The van der Waals surface area contributed by atoms with Crippen molar-refractivity contribution in [2.45, 2.75) is 57.4 Å². The summed E-state index contributed by atoms with van der Waals surface area (Å²) < 4.78 is 0. The van der Waals surface area contributed by atoms with E-state index in [2.05, 4.69) is 18.5 Å². The standard InChI is InChI=1S/C17H27NO3/c1-3-9-13(10-4-2)16(19)18-15-12-8-6-5-7-11-14(15)17(20)21/h3-4,13-15H,1-2,5-12H2,(H,18,19)(H,20,21). The van der Waals surface area contributed by atoms with Crippen LogP contribution >= 0.6 is 0 Å². The first-order valence-corrected chi connectivity index (χ1v) is 7.85. The van der Waals surface area contributed by atoms with Crippen molar-refractivity contribution >= 4 is 11.9 Å². The smallest absolute Gasteiger partial charge is 0.308 e. The lowest BCUT2D eigenvalue weighted by molar-refractivity contribution is -0.143. The summed E-state index contributed by atoms with van der Waals surface area (Å²) in [4.78, 5) is 23.8. The Balaban J connectivity index is 2.72. The second kappa shape index (κ2) is 9.37. The van der Waals surface area contributed by atoms with Crippen molar-refractivity contribution in [3.8, 4) is 0 Å². The maximum absolute atomic E-state index is 12.4. The van der Waals surface area contributed by atoms with E-state index in [4.69, 9.17) is 0 Å². The molecule has 1 amide bonds. The SMILES string of the molecule is C=CCC(CC=C)C(=O)NC1CCCCCCC1C(=O)O. The Bertz CT molecular complexity index is 368. The van der Waals surface area contributed by atoms with E-state index < -0.39 is 11.9 Å². The molecule has 1 aliphatic carbocycles. The molecule has 0 aromatic carbocycles. The third kappa shape index (κ3) is 5.74. The molecule has 0 bridgehead atoms. The molecule has 1 rings (SSSR count). The molecule has 0 spiro atoms. The van der Waals surface area contributed by atoms with Crippen LogP contribution in [0.25, 0.3) is 0 Å². The summed E-state index contributed by atoms with van der Waals surface area (Å²) in [5.74, 6) is -1.54. The molecule has 0 aliphatic heterocycles. The highest BCUT2D eigenvalue weighted by Gasteiger charge is 2.31.